The highest BCUT2D eigenvalue weighted by atomic mass is 19.1. The summed E-state index contributed by atoms with van der Waals surface area (Å²) < 4.78 is 27.4. The maximum atomic E-state index is 14.6. The zero-order valence-corrected chi connectivity index (χ0v) is 17.4. The highest BCUT2D eigenvalue weighted by molar-refractivity contribution is 6.65. The maximum Gasteiger partial charge on any atom is 0.495 e. The fourth-order valence-electron chi connectivity index (χ4n) is 5.40. The molecule has 3 aliphatic carbocycles. The molecular formula is C23H28BFO3. The average Bonchev–Trinajstić information content (AvgIpc) is 2.78. The Balaban J connectivity index is 1.70. The van der Waals surface area contributed by atoms with Gasteiger partial charge in [0.25, 0.3) is 0 Å². The number of hydrogen-bond acceptors (Lipinski definition) is 3. The molecule has 0 radical (unpaired) electrons. The third kappa shape index (κ3) is 2.33. The van der Waals surface area contributed by atoms with E-state index in [1.165, 1.54) is 5.56 Å². The molecule has 148 valence electrons. The summed E-state index contributed by atoms with van der Waals surface area (Å²) in [4.78, 5) is 0. The van der Waals surface area contributed by atoms with E-state index in [4.69, 9.17) is 9.31 Å². The Labute approximate surface area is 166 Å². The molecule has 0 unspecified atom stereocenters. The molecule has 4 fully saturated rings. The SMILES string of the molecule is CCc1c(F)ccc2cc(C34CC(O)(C3)C4)cc(B3OC(C)(C)C(C)(C)O3)c12. The summed E-state index contributed by atoms with van der Waals surface area (Å²) in [6.45, 7) is 10.1. The third-order valence-electron chi connectivity index (χ3n) is 7.67. The fraction of sp³-hybridized carbons (Fsp3) is 0.565. The van der Waals surface area contributed by atoms with Gasteiger partial charge in [0.05, 0.1) is 16.8 Å². The van der Waals surface area contributed by atoms with E-state index in [2.05, 4.69) is 12.1 Å². The molecule has 1 saturated heterocycles. The lowest BCUT2D eigenvalue weighted by molar-refractivity contribution is -0.213. The second-order valence-corrected chi connectivity index (χ2v) is 10.2. The molecule has 1 aliphatic heterocycles. The average molecular weight is 382 g/mol. The van der Waals surface area contributed by atoms with Crippen LogP contribution in [-0.4, -0.2) is 29.0 Å². The normalized spacial score (nSPS) is 32.3. The predicted octanol–water partition coefficient (Wildman–Crippen LogP) is 4.01. The molecule has 4 aliphatic rings. The number of aliphatic hydroxyl groups is 1. The highest BCUT2D eigenvalue weighted by Crippen LogP contribution is 2.67. The highest BCUT2D eigenvalue weighted by Gasteiger charge is 2.68. The van der Waals surface area contributed by atoms with E-state index in [9.17, 15) is 9.50 Å². The molecule has 0 spiro atoms. The lowest BCUT2D eigenvalue weighted by atomic mass is 9.39. The molecule has 2 aromatic carbocycles. The van der Waals surface area contributed by atoms with Gasteiger partial charge in [-0.25, -0.2) is 4.39 Å². The van der Waals surface area contributed by atoms with E-state index in [0.717, 1.165) is 35.5 Å². The van der Waals surface area contributed by atoms with E-state index in [-0.39, 0.29) is 11.2 Å². The Morgan fingerprint density at radius 1 is 1.04 bits per heavy atom. The van der Waals surface area contributed by atoms with Crippen LogP contribution in [0.15, 0.2) is 24.3 Å². The first-order chi connectivity index (χ1) is 13.0. The maximum absolute atomic E-state index is 14.6. The van der Waals surface area contributed by atoms with Gasteiger partial charge in [-0.15, -0.1) is 0 Å². The summed E-state index contributed by atoms with van der Waals surface area (Å²) in [5.41, 5.74) is 1.54. The molecular weight excluding hydrogens is 354 g/mol. The van der Waals surface area contributed by atoms with Crippen molar-refractivity contribution in [2.24, 2.45) is 0 Å². The van der Waals surface area contributed by atoms with Gasteiger partial charge in [-0.3, -0.25) is 0 Å². The van der Waals surface area contributed by atoms with Gasteiger partial charge in [-0.05, 0) is 86.8 Å². The zero-order chi connectivity index (χ0) is 20.1. The van der Waals surface area contributed by atoms with E-state index in [1.54, 1.807) is 6.07 Å². The van der Waals surface area contributed by atoms with Crippen LogP contribution in [0.25, 0.3) is 10.8 Å². The van der Waals surface area contributed by atoms with E-state index < -0.39 is 23.9 Å². The fourth-order valence-corrected chi connectivity index (χ4v) is 5.40. The monoisotopic (exact) mass is 382 g/mol. The van der Waals surface area contributed by atoms with E-state index in [0.29, 0.717) is 12.0 Å². The van der Waals surface area contributed by atoms with Gasteiger partial charge in [0.2, 0.25) is 0 Å². The van der Waals surface area contributed by atoms with Crippen molar-refractivity contribution in [3.63, 3.8) is 0 Å². The second kappa shape index (κ2) is 5.38. The lowest BCUT2D eigenvalue weighted by Crippen LogP contribution is -2.69. The molecule has 1 heterocycles. The van der Waals surface area contributed by atoms with Gasteiger partial charge in [0.15, 0.2) is 0 Å². The van der Waals surface area contributed by atoms with Crippen molar-refractivity contribution < 1.29 is 18.8 Å². The molecule has 5 heteroatoms. The minimum absolute atomic E-state index is 0.0576. The topological polar surface area (TPSA) is 38.7 Å². The molecule has 2 bridgehead atoms. The Bertz CT molecular complexity index is 961. The Morgan fingerprint density at radius 3 is 2.18 bits per heavy atom. The third-order valence-corrected chi connectivity index (χ3v) is 7.67. The first kappa shape index (κ1) is 18.6. The molecule has 3 saturated carbocycles. The quantitative estimate of drug-likeness (QED) is 0.816. The van der Waals surface area contributed by atoms with E-state index in [1.807, 2.05) is 40.7 Å². The van der Waals surface area contributed by atoms with Gasteiger partial charge in [-0.1, -0.05) is 25.1 Å². The van der Waals surface area contributed by atoms with Crippen molar-refractivity contribution in [2.45, 2.75) is 82.5 Å². The number of aryl methyl sites for hydroxylation is 1. The molecule has 0 atom stereocenters. The molecule has 28 heavy (non-hydrogen) atoms. The zero-order valence-electron chi connectivity index (χ0n) is 17.4. The Morgan fingerprint density at radius 2 is 1.64 bits per heavy atom. The minimum atomic E-state index is -0.532. The number of halogens is 1. The summed E-state index contributed by atoms with van der Waals surface area (Å²) >= 11 is 0. The van der Waals surface area contributed by atoms with Gasteiger partial charge < -0.3 is 14.4 Å². The Kier molecular flexibility index (Phi) is 3.57. The van der Waals surface area contributed by atoms with Crippen LogP contribution < -0.4 is 5.46 Å². The number of fused-ring (bicyclic) bond motifs is 1. The van der Waals surface area contributed by atoms with Crippen LogP contribution in [0.5, 0.6) is 0 Å². The standard InChI is InChI=1S/C23H28BFO3/c1-6-16-18(25)8-7-14-9-15(22-11-23(26,12-22)13-22)10-17(19(14)16)24-27-20(2,3)21(4,5)28-24/h7-10,26H,6,11-13H2,1-5H3. The Hall–Kier alpha value is -1.43. The van der Waals surface area contributed by atoms with Crippen molar-refractivity contribution in [3.05, 3.63) is 41.2 Å². The van der Waals surface area contributed by atoms with Gasteiger partial charge in [0.1, 0.15) is 5.82 Å². The molecule has 1 N–H and O–H groups in total. The summed E-state index contributed by atoms with van der Waals surface area (Å²) in [6, 6.07) is 7.76. The van der Waals surface area contributed by atoms with Crippen molar-refractivity contribution in [1.29, 1.82) is 0 Å². The van der Waals surface area contributed by atoms with Crippen LogP contribution in [-0.2, 0) is 21.1 Å². The predicted molar refractivity (Wildman–Crippen MR) is 109 cm³/mol. The first-order valence-electron chi connectivity index (χ1n) is 10.3. The van der Waals surface area contributed by atoms with Crippen LogP contribution in [0.2, 0.25) is 0 Å². The first-order valence-corrected chi connectivity index (χ1v) is 10.3. The van der Waals surface area contributed by atoms with Crippen molar-refractivity contribution in [3.8, 4) is 0 Å². The molecule has 3 nitrogen and oxygen atoms in total. The lowest BCUT2D eigenvalue weighted by Gasteiger charge is -2.68. The number of hydrogen-bond donors (Lipinski definition) is 1. The minimum Gasteiger partial charge on any atom is -0.399 e. The van der Waals surface area contributed by atoms with Crippen LogP contribution in [0, 0.1) is 5.82 Å². The van der Waals surface area contributed by atoms with Crippen LogP contribution in [0.4, 0.5) is 4.39 Å². The molecule has 0 aromatic heterocycles. The van der Waals surface area contributed by atoms with Gasteiger partial charge in [-0.2, -0.15) is 0 Å². The number of rotatable bonds is 3. The van der Waals surface area contributed by atoms with Crippen molar-refractivity contribution in [1.82, 2.24) is 0 Å². The number of benzene rings is 2. The largest absolute Gasteiger partial charge is 0.495 e. The van der Waals surface area contributed by atoms with Crippen molar-refractivity contribution in [2.75, 3.05) is 0 Å². The van der Waals surface area contributed by atoms with Gasteiger partial charge in [0, 0.05) is 5.41 Å². The van der Waals surface area contributed by atoms with Crippen LogP contribution in [0.1, 0.15) is 65.0 Å². The molecule has 0 amide bonds. The molecule has 2 aromatic rings. The van der Waals surface area contributed by atoms with Crippen LogP contribution in [0.3, 0.4) is 0 Å². The summed E-state index contributed by atoms with van der Waals surface area (Å²) in [5, 5.41) is 12.2. The van der Waals surface area contributed by atoms with Crippen LogP contribution >= 0.6 is 0 Å². The summed E-state index contributed by atoms with van der Waals surface area (Å²) in [6.07, 6.45) is 3.06. The van der Waals surface area contributed by atoms with E-state index >= 15 is 0 Å². The summed E-state index contributed by atoms with van der Waals surface area (Å²) in [5.74, 6) is -0.180. The smallest absolute Gasteiger partial charge is 0.399 e. The summed E-state index contributed by atoms with van der Waals surface area (Å²) in [7, 11) is -0.532. The van der Waals surface area contributed by atoms with Crippen molar-refractivity contribution >= 4 is 23.4 Å². The molecule has 6 rings (SSSR count). The second-order valence-electron chi connectivity index (χ2n) is 10.2. The van der Waals surface area contributed by atoms with Gasteiger partial charge >= 0.3 is 7.12 Å².